The van der Waals surface area contributed by atoms with Crippen LogP contribution in [0.2, 0.25) is 5.02 Å². The SMILES string of the molecule is C/C=C/CC1Cc2ccc(Cl)cc2C1=O. The minimum absolute atomic E-state index is 0.120. The third kappa shape index (κ3) is 1.98. The summed E-state index contributed by atoms with van der Waals surface area (Å²) in [5.74, 6) is 0.361. The number of carbonyl (C=O) groups is 1. The Morgan fingerprint density at radius 2 is 2.33 bits per heavy atom. The first kappa shape index (κ1) is 10.4. The van der Waals surface area contributed by atoms with Crippen LogP contribution in [-0.4, -0.2) is 5.78 Å². The van der Waals surface area contributed by atoms with Crippen LogP contribution >= 0.6 is 11.6 Å². The van der Waals surface area contributed by atoms with E-state index >= 15 is 0 Å². The van der Waals surface area contributed by atoms with Crippen molar-refractivity contribution in [3.63, 3.8) is 0 Å². The lowest BCUT2D eigenvalue weighted by Crippen LogP contribution is -2.07. The van der Waals surface area contributed by atoms with Crippen LogP contribution in [0.15, 0.2) is 30.4 Å². The zero-order chi connectivity index (χ0) is 10.8. The van der Waals surface area contributed by atoms with Gasteiger partial charge in [0.1, 0.15) is 0 Å². The predicted molar refractivity (Wildman–Crippen MR) is 62.4 cm³/mol. The van der Waals surface area contributed by atoms with E-state index in [0.717, 1.165) is 24.0 Å². The number of allylic oxidation sites excluding steroid dienone is 2. The first-order valence-electron chi connectivity index (χ1n) is 5.16. The van der Waals surface area contributed by atoms with Crippen LogP contribution < -0.4 is 0 Å². The standard InChI is InChI=1S/C13H13ClO/c1-2-3-4-10-7-9-5-6-11(14)8-12(9)13(10)15/h2-3,5-6,8,10H,4,7H2,1H3/b3-2+. The van der Waals surface area contributed by atoms with Crippen molar-refractivity contribution in [2.24, 2.45) is 5.92 Å². The van der Waals surface area contributed by atoms with E-state index in [2.05, 4.69) is 6.08 Å². The van der Waals surface area contributed by atoms with Crippen LogP contribution in [0, 0.1) is 5.92 Å². The van der Waals surface area contributed by atoms with Gasteiger partial charge in [0, 0.05) is 16.5 Å². The minimum Gasteiger partial charge on any atom is -0.294 e. The van der Waals surface area contributed by atoms with Crippen LogP contribution in [0.3, 0.4) is 0 Å². The first-order valence-corrected chi connectivity index (χ1v) is 5.54. The van der Waals surface area contributed by atoms with E-state index in [1.165, 1.54) is 0 Å². The van der Waals surface area contributed by atoms with Crippen LogP contribution in [0.5, 0.6) is 0 Å². The van der Waals surface area contributed by atoms with Gasteiger partial charge in [-0.3, -0.25) is 4.79 Å². The molecule has 0 saturated heterocycles. The van der Waals surface area contributed by atoms with Crippen molar-refractivity contribution in [1.82, 2.24) is 0 Å². The predicted octanol–water partition coefficient (Wildman–Crippen LogP) is 3.66. The zero-order valence-electron chi connectivity index (χ0n) is 8.66. The summed E-state index contributed by atoms with van der Waals surface area (Å²) in [5.41, 5.74) is 1.95. The molecular formula is C13H13ClO. The molecule has 1 unspecified atom stereocenters. The number of ketones is 1. The van der Waals surface area contributed by atoms with E-state index in [-0.39, 0.29) is 11.7 Å². The number of Topliss-reactive ketones (excluding diaryl/α,β-unsaturated/α-hetero) is 1. The molecule has 1 nitrogen and oxygen atoms in total. The highest BCUT2D eigenvalue weighted by molar-refractivity contribution is 6.31. The van der Waals surface area contributed by atoms with Gasteiger partial charge in [-0.05, 0) is 37.5 Å². The number of hydrogen-bond acceptors (Lipinski definition) is 1. The molecule has 0 amide bonds. The summed E-state index contributed by atoms with van der Waals surface area (Å²) in [6.07, 6.45) is 5.73. The summed E-state index contributed by atoms with van der Waals surface area (Å²) >= 11 is 5.87. The summed E-state index contributed by atoms with van der Waals surface area (Å²) in [6.45, 7) is 1.98. The summed E-state index contributed by atoms with van der Waals surface area (Å²) in [7, 11) is 0. The lowest BCUT2D eigenvalue weighted by atomic mass is 10.0. The average Bonchev–Trinajstić information content (AvgIpc) is 2.53. The number of fused-ring (bicyclic) bond motifs is 1. The summed E-state index contributed by atoms with van der Waals surface area (Å²) in [6, 6.07) is 5.60. The van der Waals surface area contributed by atoms with E-state index in [9.17, 15) is 4.79 Å². The van der Waals surface area contributed by atoms with Gasteiger partial charge < -0.3 is 0 Å². The molecule has 0 N–H and O–H groups in total. The molecule has 2 heteroatoms. The van der Waals surface area contributed by atoms with Crippen molar-refractivity contribution in [3.05, 3.63) is 46.5 Å². The van der Waals surface area contributed by atoms with Crippen molar-refractivity contribution >= 4 is 17.4 Å². The lowest BCUT2D eigenvalue weighted by molar-refractivity contribution is 0.0938. The van der Waals surface area contributed by atoms with Gasteiger partial charge in [0.05, 0.1) is 0 Å². The molecule has 0 saturated carbocycles. The monoisotopic (exact) mass is 220 g/mol. The topological polar surface area (TPSA) is 17.1 Å². The quantitative estimate of drug-likeness (QED) is 0.696. The molecule has 1 aliphatic carbocycles. The highest BCUT2D eigenvalue weighted by Crippen LogP contribution is 2.30. The van der Waals surface area contributed by atoms with Gasteiger partial charge in [0.15, 0.2) is 5.78 Å². The molecule has 1 aromatic carbocycles. The molecule has 0 heterocycles. The largest absolute Gasteiger partial charge is 0.294 e. The highest BCUT2D eigenvalue weighted by Gasteiger charge is 2.29. The van der Waals surface area contributed by atoms with Gasteiger partial charge in [-0.2, -0.15) is 0 Å². The molecule has 0 radical (unpaired) electrons. The van der Waals surface area contributed by atoms with E-state index in [1.54, 1.807) is 6.07 Å². The number of carbonyl (C=O) groups excluding carboxylic acids is 1. The van der Waals surface area contributed by atoms with E-state index in [0.29, 0.717) is 5.02 Å². The molecule has 1 aliphatic rings. The Labute approximate surface area is 94.8 Å². The second kappa shape index (κ2) is 4.19. The highest BCUT2D eigenvalue weighted by atomic mass is 35.5. The average molecular weight is 221 g/mol. The summed E-state index contributed by atoms with van der Waals surface area (Å²) in [5, 5.41) is 0.647. The van der Waals surface area contributed by atoms with Crippen molar-refractivity contribution in [1.29, 1.82) is 0 Å². The van der Waals surface area contributed by atoms with Crippen molar-refractivity contribution in [3.8, 4) is 0 Å². The third-order valence-corrected chi connectivity index (χ3v) is 3.07. The van der Waals surface area contributed by atoms with Crippen molar-refractivity contribution in [2.75, 3.05) is 0 Å². The van der Waals surface area contributed by atoms with Crippen LogP contribution in [0.25, 0.3) is 0 Å². The van der Waals surface area contributed by atoms with Crippen LogP contribution in [0.1, 0.15) is 29.3 Å². The zero-order valence-corrected chi connectivity index (χ0v) is 9.42. The van der Waals surface area contributed by atoms with E-state index in [1.807, 2.05) is 25.1 Å². The van der Waals surface area contributed by atoms with Crippen molar-refractivity contribution < 1.29 is 4.79 Å². The van der Waals surface area contributed by atoms with Crippen LogP contribution in [-0.2, 0) is 6.42 Å². The molecule has 0 aliphatic heterocycles. The molecule has 0 aromatic heterocycles. The Balaban J connectivity index is 2.25. The second-order valence-electron chi connectivity index (χ2n) is 3.87. The van der Waals surface area contributed by atoms with Gasteiger partial charge in [0.2, 0.25) is 0 Å². The molecule has 0 fully saturated rings. The second-order valence-corrected chi connectivity index (χ2v) is 4.31. The fraction of sp³-hybridized carbons (Fsp3) is 0.308. The number of hydrogen-bond donors (Lipinski definition) is 0. The maximum atomic E-state index is 12.0. The minimum atomic E-state index is 0.120. The third-order valence-electron chi connectivity index (χ3n) is 2.83. The maximum Gasteiger partial charge on any atom is 0.166 e. The fourth-order valence-corrected chi connectivity index (χ4v) is 2.20. The van der Waals surface area contributed by atoms with Gasteiger partial charge in [-0.1, -0.05) is 29.8 Å². The molecule has 2 rings (SSSR count). The molecule has 0 spiro atoms. The van der Waals surface area contributed by atoms with E-state index in [4.69, 9.17) is 11.6 Å². The molecular weight excluding hydrogens is 208 g/mol. The van der Waals surface area contributed by atoms with E-state index < -0.39 is 0 Å². The smallest absolute Gasteiger partial charge is 0.166 e. The summed E-state index contributed by atoms with van der Waals surface area (Å²) in [4.78, 5) is 12.0. The lowest BCUT2D eigenvalue weighted by Gasteiger charge is -2.01. The fourth-order valence-electron chi connectivity index (χ4n) is 2.02. The van der Waals surface area contributed by atoms with Crippen molar-refractivity contribution in [2.45, 2.75) is 19.8 Å². The molecule has 15 heavy (non-hydrogen) atoms. The van der Waals surface area contributed by atoms with Gasteiger partial charge in [-0.25, -0.2) is 0 Å². The van der Waals surface area contributed by atoms with Gasteiger partial charge >= 0.3 is 0 Å². The number of halogens is 1. The number of rotatable bonds is 2. The van der Waals surface area contributed by atoms with Crippen LogP contribution in [0.4, 0.5) is 0 Å². The Morgan fingerprint density at radius 1 is 1.53 bits per heavy atom. The normalized spacial score (nSPS) is 19.9. The Bertz CT molecular complexity index is 421. The Kier molecular flexibility index (Phi) is 2.92. The number of benzene rings is 1. The molecule has 78 valence electrons. The summed E-state index contributed by atoms with van der Waals surface area (Å²) < 4.78 is 0. The first-order chi connectivity index (χ1) is 7.22. The van der Waals surface area contributed by atoms with Gasteiger partial charge in [0.25, 0.3) is 0 Å². The Hall–Kier alpha value is -1.08. The van der Waals surface area contributed by atoms with Gasteiger partial charge in [-0.15, -0.1) is 0 Å². The molecule has 0 bridgehead atoms. The molecule has 1 atom stereocenters. The Morgan fingerprint density at radius 3 is 3.07 bits per heavy atom. The maximum absolute atomic E-state index is 12.0. The molecule has 1 aromatic rings.